The maximum absolute atomic E-state index is 12.9. The van der Waals surface area contributed by atoms with Gasteiger partial charge in [-0.2, -0.15) is 5.10 Å². The lowest BCUT2D eigenvalue weighted by Crippen LogP contribution is -2.21. The topological polar surface area (TPSA) is 42.7 Å². The molecule has 1 N–H and O–H groups in total. The van der Waals surface area contributed by atoms with Crippen LogP contribution in [0.2, 0.25) is 0 Å². The van der Waals surface area contributed by atoms with E-state index in [0.717, 1.165) is 24.4 Å². The second-order valence-corrected chi connectivity index (χ2v) is 4.62. The lowest BCUT2D eigenvalue weighted by Gasteiger charge is -2.16. The van der Waals surface area contributed by atoms with Crippen molar-refractivity contribution in [3.8, 4) is 0 Å². The van der Waals surface area contributed by atoms with Gasteiger partial charge in [0.15, 0.2) is 0 Å². The highest BCUT2D eigenvalue weighted by Crippen LogP contribution is 2.16. The van der Waals surface area contributed by atoms with E-state index < -0.39 is 0 Å². The summed E-state index contributed by atoms with van der Waals surface area (Å²) in [6, 6.07) is 3.30. The predicted octanol–water partition coefficient (Wildman–Crippen LogP) is 2.50. The van der Waals surface area contributed by atoms with Gasteiger partial charge in [-0.15, -0.1) is 0 Å². The number of aryl methyl sites for hydroxylation is 1. The van der Waals surface area contributed by atoms with Crippen molar-refractivity contribution < 1.29 is 4.39 Å². The molecule has 0 aliphatic heterocycles. The normalized spacial score (nSPS) is 12.6. The number of hydrogen-bond donors (Lipinski definition) is 1. The molecule has 5 heteroatoms. The minimum Gasteiger partial charge on any atom is -0.304 e. The van der Waals surface area contributed by atoms with Gasteiger partial charge in [0.05, 0.1) is 18.1 Å². The first-order valence-electron chi connectivity index (χ1n) is 6.44. The molecule has 1 atom stereocenters. The van der Waals surface area contributed by atoms with E-state index in [2.05, 4.69) is 22.3 Å². The molecule has 0 radical (unpaired) electrons. The predicted molar refractivity (Wildman–Crippen MR) is 72.0 cm³/mol. The molecule has 2 rings (SSSR count). The molecule has 102 valence electrons. The second-order valence-electron chi connectivity index (χ2n) is 4.62. The first kappa shape index (κ1) is 13.7. The van der Waals surface area contributed by atoms with Crippen LogP contribution in [0.4, 0.5) is 4.39 Å². The van der Waals surface area contributed by atoms with Crippen LogP contribution in [0.1, 0.15) is 36.3 Å². The maximum atomic E-state index is 12.9. The first-order chi connectivity index (χ1) is 9.11. The quantitative estimate of drug-likeness (QED) is 0.900. The summed E-state index contributed by atoms with van der Waals surface area (Å²) in [4.78, 5) is 4.13. The minimum absolute atomic E-state index is 0.125. The van der Waals surface area contributed by atoms with Crippen molar-refractivity contribution in [2.75, 3.05) is 0 Å². The van der Waals surface area contributed by atoms with E-state index in [1.54, 1.807) is 6.07 Å². The van der Waals surface area contributed by atoms with Gasteiger partial charge in [-0.1, -0.05) is 6.92 Å². The molecule has 0 spiro atoms. The van der Waals surface area contributed by atoms with E-state index in [-0.39, 0.29) is 11.9 Å². The molecule has 0 bridgehead atoms. The van der Waals surface area contributed by atoms with Gasteiger partial charge in [0.1, 0.15) is 5.82 Å². The van der Waals surface area contributed by atoms with Crippen molar-refractivity contribution in [1.82, 2.24) is 20.1 Å². The highest BCUT2D eigenvalue weighted by Gasteiger charge is 2.12. The molecule has 0 aliphatic carbocycles. The third-order valence-corrected chi connectivity index (χ3v) is 3.39. The van der Waals surface area contributed by atoms with Crippen LogP contribution in [0.5, 0.6) is 0 Å². The van der Waals surface area contributed by atoms with Crippen LogP contribution in [-0.4, -0.2) is 14.8 Å². The van der Waals surface area contributed by atoms with Gasteiger partial charge in [-0.25, -0.2) is 4.39 Å². The molecule has 1 unspecified atom stereocenters. The van der Waals surface area contributed by atoms with Gasteiger partial charge in [0.25, 0.3) is 0 Å². The van der Waals surface area contributed by atoms with Crippen LogP contribution in [0.15, 0.2) is 24.5 Å². The summed E-state index contributed by atoms with van der Waals surface area (Å²) < 4.78 is 14.7. The average molecular weight is 262 g/mol. The van der Waals surface area contributed by atoms with Crippen LogP contribution in [0.25, 0.3) is 0 Å². The Bertz CT molecular complexity index is 533. The number of hydrogen-bond acceptors (Lipinski definition) is 3. The number of halogens is 1. The monoisotopic (exact) mass is 262 g/mol. The molecule has 0 saturated carbocycles. The van der Waals surface area contributed by atoms with Crippen LogP contribution in [0.3, 0.4) is 0 Å². The largest absolute Gasteiger partial charge is 0.304 e. The lowest BCUT2D eigenvalue weighted by molar-refractivity contribution is 0.503. The van der Waals surface area contributed by atoms with Crippen molar-refractivity contribution >= 4 is 0 Å². The fraction of sp³-hybridized carbons (Fsp3) is 0.429. The van der Waals surface area contributed by atoms with Gasteiger partial charge < -0.3 is 5.32 Å². The molecule has 0 saturated heterocycles. The molecule has 4 nitrogen and oxygen atoms in total. The van der Waals surface area contributed by atoms with E-state index in [0.29, 0.717) is 0 Å². The summed E-state index contributed by atoms with van der Waals surface area (Å²) in [7, 11) is 1.93. The van der Waals surface area contributed by atoms with Crippen LogP contribution in [-0.2, 0) is 13.6 Å². The van der Waals surface area contributed by atoms with E-state index in [1.165, 1.54) is 17.8 Å². The summed E-state index contributed by atoms with van der Waals surface area (Å²) in [6.45, 7) is 4.86. The zero-order chi connectivity index (χ0) is 13.8. The van der Waals surface area contributed by atoms with Crippen LogP contribution in [0, 0.1) is 12.7 Å². The third kappa shape index (κ3) is 3.17. The number of rotatable bonds is 5. The lowest BCUT2D eigenvalue weighted by atomic mass is 10.1. The second kappa shape index (κ2) is 5.93. The molecule has 0 aromatic carbocycles. The third-order valence-electron chi connectivity index (χ3n) is 3.39. The standard InChI is InChI=1S/C14H19FN4/c1-4-13(14-6-5-12(15)9-17-14)16-7-11-8-18-19(3)10(11)2/h5-6,8-9,13,16H,4,7H2,1-3H3. The molecular weight excluding hydrogens is 243 g/mol. The minimum atomic E-state index is -0.304. The Morgan fingerprint density at radius 3 is 2.68 bits per heavy atom. The van der Waals surface area contributed by atoms with Crippen LogP contribution >= 0.6 is 0 Å². The highest BCUT2D eigenvalue weighted by atomic mass is 19.1. The smallest absolute Gasteiger partial charge is 0.141 e. The maximum Gasteiger partial charge on any atom is 0.141 e. The van der Waals surface area contributed by atoms with E-state index in [4.69, 9.17) is 0 Å². The van der Waals surface area contributed by atoms with Gasteiger partial charge in [0.2, 0.25) is 0 Å². The fourth-order valence-corrected chi connectivity index (χ4v) is 2.00. The SMILES string of the molecule is CCC(NCc1cnn(C)c1C)c1ccc(F)cn1. The van der Waals surface area contributed by atoms with Crippen molar-refractivity contribution in [3.05, 3.63) is 47.3 Å². The fourth-order valence-electron chi connectivity index (χ4n) is 2.00. The van der Waals surface area contributed by atoms with Gasteiger partial charge in [-0.3, -0.25) is 9.67 Å². The number of aromatic nitrogens is 3. The zero-order valence-electron chi connectivity index (χ0n) is 11.5. The Balaban J connectivity index is 2.03. The van der Waals surface area contributed by atoms with Crippen molar-refractivity contribution in [2.45, 2.75) is 32.9 Å². The Morgan fingerprint density at radius 2 is 2.16 bits per heavy atom. The molecule has 0 fully saturated rings. The van der Waals surface area contributed by atoms with E-state index in [1.807, 2.05) is 24.9 Å². The molecule has 2 heterocycles. The molecule has 2 aromatic rings. The molecule has 0 aliphatic rings. The van der Waals surface area contributed by atoms with E-state index in [9.17, 15) is 4.39 Å². The molecule has 2 aromatic heterocycles. The summed E-state index contributed by atoms with van der Waals surface area (Å²) in [5.41, 5.74) is 3.18. The summed E-state index contributed by atoms with van der Waals surface area (Å²) in [6.07, 6.45) is 4.03. The molecular formula is C14H19FN4. The first-order valence-corrected chi connectivity index (χ1v) is 6.44. The van der Waals surface area contributed by atoms with Gasteiger partial charge in [-0.05, 0) is 25.5 Å². The molecule has 0 amide bonds. The number of nitrogens with one attached hydrogen (secondary N) is 1. The number of nitrogens with zero attached hydrogens (tertiary/aromatic N) is 3. The van der Waals surface area contributed by atoms with Gasteiger partial charge >= 0.3 is 0 Å². The van der Waals surface area contributed by atoms with Crippen molar-refractivity contribution in [2.24, 2.45) is 7.05 Å². The summed E-state index contributed by atoms with van der Waals surface area (Å²) in [5, 5.41) is 7.65. The zero-order valence-corrected chi connectivity index (χ0v) is 11.5. The Kier molecular flexibility index (Phi) is 4.27. The Labute approximate surface area is 112 Å². The van der Waals surface area contributed by atoms with E-state index >= 15 is 0 Å². The number of pyridine rings is 1. The van der Waals surface area contributed by atoms with Gasteiger partial charge in [0, 0.05) is 30.9 Å². The Hall–Kier alpha value is -1.75. The Morgan fingerprint density at radius 1 is 1.37 bits per heavy atom. The average Bonchev–Trinajstić information content (AvgIpc) is 2.73. The van der Waals surface area contributed by atoms with Crippen molar-refractivity contribution in [3.63, 3.8) is 0 Å². The van der Waals surface area contributed by atoms with Crippen molar-refractivity contribution in [1.29, 1.82) is 0 Å². The summed E-state index contributed by atoms with van der Waals surface area (Å²) in [5.74, 6) is -0.304. The highest BCUT2D eigenvalue weighted by molar-refractivity contribution is 5.16. The van der Waals surface area contributed by atoms with Crippen LogP contribution < -0.4 is 5.32 Å². The summed E-state index contributed by atoms with van der Waals surface area (Å²) >= 11 is 0. The molecule has 19 heavy (non-hydrogen) atoms.